The van der Waals surface area contributed by atoms with E-state index in [1.807, 2.05) is 39.8 Å². The lowest BCUT2D eigenvalue weighted by Gasteiger charge is -2.50. The molecule has 23 heavy (non-hydrogen) atoms. The number of carbonyl (C=O) groups excluding carboxylic acids is 1. The molecule has 0 unspecified atom stereocenters. The average Bonchev–Trinajstić information content (AvgIpc) is 2.49. The second-order valence-corrected chi connectivity index (χ2v) is 7.45. The second-order valence-electron chi connectivity index (χ2n) is 7.45. The fraction of sp³-hybridized carbons (Fsp3) is 0.526. The standard InChI is InChI=1S/C19H25N2O2/c1-18(2)12-17(13-19(3,4)21(18)23)20-11-5-6-15-7-9-16(14-22)10-8-15/h7-10,14,17,20H,11-13H2,1-4H3. The number of aldehydes is 1. The van der Waals surface area contributed by atoms with Gasteiger partial charge in [-0.05, 0) is 52.7 Å². The molecule has 0 atom stereocenters. The largest absolute Gasteiger partial charge is 0.303 e. The molecular formula is C19H25N2O2. The fourth-order valence-electron chi connectivity index (χ4n) is 3.39. The van der Waals surface area contributed by atoms with Crippen molar-refractivity contribution in [2.24, 2.45) is 0 Å². The van der Waals surface area contributed by atoms with Crippen LogP contribution >= 0.6 is 0 Å². The SMILES string of the molecule is CC1(C)CC(NCC#Cc2ccc(C=O)cc2)CC(C)(C)N1[O]. The first-order chi connectivity index (χ1) is 10.7. The summed E-state index contributed by atoms with van der Waals surface area (Å²) in [4.78, 5) is 10.6. The summed E-state index contributed by atoms with van der Waals surface area (Å²) in [7, 11) is 0. The number of benzene rings is 1. The van der Waals surface area contributed by atoms with Crippen LogP contribution in [0, 0.1) is 11.8 Å². The number of hydrogen-bond donors (Lipinski definition) is 1. The van der Waals surface area contributed by atoms with Crippen molar-refractivity contribution < 1.29 is 10.0 Å². The van der Waals surface area contributed by atoms with Crippen LogP contribution in [0.15, 0.2) is 24.3 Å². The zero-order valence-electron chi connectivity index (χ0n) is 14.3. The van der Waals surface area contributed by atoms with Crippen LogP contribution in [0.5, 0.6) is 0 Å². The zero-order valence-corrected chi connectivity index (χ0v) is 14.3. The third-order valence-electron chi connectivity index (χ3n) is 4.35. The van der Waals surface area contributed by atoms with E-state index in [0.29, 0.717) is 12.1 Å². The molecule has 1 aromatic carbocycles. The minimum Gasteiger partial charge on any atom is -0.303 e. The molecule has 0 bridgehead atoms. The third kappa shape index (κ3) is 4.42. The Morgan fingerprint density at radius 2 is 1.74 bits per heavy atom. The van der Waals surface area contributed by atoms with Crippen molar-refractivity contribution in [2.75, 3.05) is 6.54 Å². The van der Waals surface area contributed by atoms with Gasteiger partial charge in [-0.1, -0.05) is 24.0 Å². The van der Waals surface area contributed by atoms with Gasteiger partial charge in [0, 0.05) is 28.2 Å². The summed E-state index contributed by atoms with van der Waals surface area (Å²) in [6.45, 7) is 8.57. The van der Waals surface area contributed by atoms with E-state index >= 15 is 0 Å². The Morgan fingerprint density at radius 3 is 2.26 bits per heavy atom. The van der Waals surface area contributed by atoms with E-state index in [2.05, 4.69) is 17.2 Å². The predicted molar refractivity (Wildman–Crippen MR) is 90.4 cm³/mol. The molecule has 0 spiro atoms. The number of hydrogen-bond acceptors (Lipinski definition) is 3. The van der Waals surface area contributed by atoms with Gasteiger partial charge in [0.15, 0.2) is 0 Å². The van der Waals surface area contributed by atoms with Gasteiger partial charge < -0.3 is 5.32 Å². The molecule has 0 aromatic heterocycles. The Balaban J connectivity index is 1.91. The maximum atomic E-state index is 12.3. The molecule has 2 rings (SSSR count). The molecule has 1 saturated heterocycles. The summed E-state index contributed by atoms with van der Waals surface area (Å²) in [5.74, 6) is 6.20. The van der Waals surface area contributed by atoms with Crippen LogP contribution in [0.3, 0.4) is 0 Å². The highest BCUT2D eigenvalue weighted by Crippen LogP contribution is 2.36. The molecule has 4 nitrogen and oxygen atoms in total. The lowest BCUT2D eigenvalue weighted by atomic mass is 9.79. The van der Waals surface area contributed by atoms with Gasteiger partial charge in [-0.3, -0.25) is 4.79 Å². The Kier molecular flexibility index (Phi) is 5.26. The van der Waals surface area contributed by atoms with Crippen LogP contribution in [-0.2, 0) is 5.21 Å². The van der Waals surface area contributed by atoms with Crippen LogP contribution in [0.2, 0.25) is 0 Å². The van der Waals surface area contributed by atoms with Crippen molar-refractivity contribution in [3.05, 3.63) is 35.4 Å². The summed E-state index contributed by atoms with van der Waals surface area (Å²) in [5, 5.41) is 17.0. The minimum absolute atomic E-state index is 0.289. The van der Waals surface area contributed by atoms with Crippen molar-refractivity contribution in [2.45, 2.75) is 57.7 Å². The number of piperidine rings is 1. The van der Waals surface area contributed by atoms with E-state index < -0.39 is 0 Å². The molecule has 1 aliphatic rings. The van der Waals surface area contributed by atoms with Gasteiger partial charge in [0.1, 0.15) is 6.29 Å². The summed E-state index contributed by atoms with van der Waals surface area (Å²) in [5.41, 5.74) is 0.824. The van der Waals surface area contributed by atoms with Gasteiger partial charge in [0.2, 0.25) is 0 Å². The maximum Gasteiger partial charge on any atom is 0.150 e. The molecule has 123 valence electrons. The van der Waals surface area contributed by atoms with Crippen LogP contribution in [-0.4, -0.2) is 35.0 Å². The van der Waals surface area contributed by atoms with Crippen molar-refractivity contribution in [3.63, 3.8) is 0 Å². The molecule has 4 heteroatoms. The van der Waals surface area contributed by atoms with Gasteiger partial charge in [-0.25, -0.2) is 0 Å². The summed E-state index contributed by atoms with van der Waals surface area (Å²) < 4.78 is 0. The monoisotopic (exact) mass is 313 g/mol. The molecule has 1 fully saturated rings. The van der Waals surface area contributed by atoms with Gasteiger partial charge >= 0.3 is 0 Å². The minimum atomic E-state index is -0.364. The molecular weight excluding hydrogens is 288 g/mol. The first-order valence-corrected chi connectivity index (χ1v) is 7.99. The lowest BCUT2D eigenvalue weighted by Crippen LogP contribution is -2.61. The van der Waals surface area contributed by atoms with Crippen molar-refractivity contribution in [3.8, 4) is 11.8 Å². The molecule has 0 aliphatic carbocycles. The van der Waals surface area contributed by atoms with Crippen LogP contribution < -0.4 is 5.32 Å². The van der Waals surface area contributed by atoms with Crippen molar-refractivity contribution in [1.29, 1.82) is 0 Å². The average molecular weight is 313 g/mol. The van der Waals surface area contributed by atoms with Crippen LogP contribution in [0.25, 0.3) is 0 Å². The number of nitrogens with zero attached hydrogens (tertiary/aromatic N) is 1. The highest BCUT2D eigenvalue weighted by molar-refractivity contribution is 5.74. The van der Waals surface area contributed by atoms with Crippen LogP contribution in [0.1, 0.15) is 56.5 Å². The van der Waals surface area contributed by atoms with E-state index in [4.69, 9.17) is 0 Å². The Morgan fingerprint density at radius 1 is 1.17 bits per heavy atom. The Labute approximate surface area is 138 Å². The smallest absolute Gasteiger partial charge is 0.150 e. The molecule has 0 saturated carbocycles. The number of nitrogens with one attached hydrogen (secondary N) is 1. The lowest BCUT2D eigenvalue weighted by molar-refractivity contribution is -0.290. The van der Waals surface area contributed by atoms with Gasteiger partial charge in [-0.2, -0.15) is 0 Å². The van der Waals surface area contributed by atoms with Crippen LogP contribution in [0.4, 0.5) is 0 Å². The molecule has 1 aliphatic heterocycles. The first kappa shape index (κ1) is 17.7. The zero-order chi connectivity index (χ0) is 17.1. The topological polar surface area (TPSA) is 52.2 Å². The first-order valence-electron chi connectivity index (χ1n) is 7.99. The highest BCUT2D eigenvalue weighted by Gasteiger charge is 2.45. The van der Waals surface area contributed by atoms with E-state index in [0.717, 1.165) is 24.7 Å². The molecule has 1 radical (unpaired) electrons. The van der Waals surface area contributed by atoms with Gasteiger partial charge in [-0.15, -0.1) is 10.3 Å². The summed E-state index contributed by atoms with van der Waals surface area (Å²) >= 11 is 0. The Bertz CT molecular complexity index is 590. The van der Waals surface area contributed by atoms with E-state index in [9.17, 15) is 10.0 Å². The summed E-state index contributed by atoms with van der Waals surface area (Å²) in [6.07, 6.45) is 2.45. The van der Waals surface area contributed by atoms with Crippen molar-refractivity contribution >= 4 is 6.29 Å². The van der Waals surface area contributed by atoms with Gasteiger partial charge in [0.25, 0.3) is 0 Å². The maximum absolute atomic E-state index is 12.3. The van der Waals surface area contributed by atoms with E-state index in [-0.39, 0.29) is 17.1 Å². The molecule has 1 N–H and O–H groups in total. The number of carbonyl (C=O) groups is 1. The van der Waals surface area contributed by atoms with E-state index in [1.165, 1.54) is 5.06 Å². The normalized spacial score (nSPS) is 20.6. The van der Waals surface area contributed by atoms with Gasteiger partial charge in [0.05, 0.1) is 6.54 Å². The predicted octanol–water partition coefficient (Wildman–Crippen LogP) is 2.81. The summed E-state index contributed by atoms with van der Waals surface area (Å²) in [6, 6.07) is 7.51. The fourth-order valence-corrected chi connectivity index (χ4v) is 3.39. The quantitative estimate of drug-likeness (QED) is 0.689. The van der Waals surface area contributed by atoms with Crippen molar-refractivity contribution in [1.82, 2.24) is 10.4 Å². The highest BCUT2D eigenvalue weighted by atomic mass is 16.5. The molecule has 0 amide bonds. The third-order valence-corrected chi connectivity index (χ3v) is 4.35. The number of hydroxylamine groups is 2. The molecule has 1 heterocycles. The Hall–Kier alpha value is -1.67. The van der Waals surface area contributed by atoms with E-state index in [1.54, 1.807) is 12.1 Å². The second kappa shape index (κ2) is 6.84. The molecule has 1 aromatic rings. The number of rotatable bonds is 3.